The standard InChI is InChI=1S/C11H13FN2O3S/c1-18-5-3-9(11(16)17)14-10(15)7-2-4-13-6-8(7)12/h2,4,6,9H,3,5H2,1H3,(H,14,15)(H,16,17). The molecule has 0 aromatic carbocycles. The van der Waals surface area contributed by atoms with Gasteiger partial charge in [0.1, 0.15) is 6.04 Å². The predicted molar refractivity (Wildman–Crippen MR) is 66.1 cm³/mol. The summed E-state index contributed by atoms with van der Waals surface area (Å²) in [6.45, 7) is 0. The molecule has 0 bridgehead atoms. The predicted octanol–water partition coefficient (Wildman–Crippen LogP) is 1.16. The molecule has 1 aromatic rings. The van der Waals surface area contributed by atoms with Crippen molar-refractivity contribution in [1.82, 2.24) is 10.3 Å². The van der Waals surface area contributed by atoms with Crippen LogP contribution < -0.4 is 5.32 Å². The summed E-state index contributed by atoms with van der Waals surface area (Å²) in [4.78, 5) is 26.1. The molecule has 0 aliphatic rings. The molecule has 1 atom stereocenters. The molecule has 5 nitrogen and oxygen atoms in total. The largest absolute Gasteiger partial charge is 0.480 e. The van der Waals surface area contributed by atoms with Gasteiger partial charge in [0.25, 0.3) is 5.91 Å². The number of amides is 1. The average molecular weight is 272 g/mol. The zero-order valence-corrected chi connectivity index (χ0v) is 10.5. The van der Waals surface area contributed by atoms with E-state index in [0.29, 0.717) is 5.75 Å². The van der Waals surface area contributed by atoms with Crippen LogP contribution in [0.3, 0.4) is 0 Å². The van der Waals surface area contributed by atoms with E-state index in [0.717, 1.165) is 6.20 Å². The Hall–Kier alpha value is -1.63. The first-order chi connectivity index (χ1) is 8.56. The van der Waals surface area contributed by atoms with Gasteiger partial charge in [-0.2, -0.15) is 11.8 Å². The number of hydrogen-bond donors (Lipinski definition) is 2. The molecule has 18 heavy (non-hydrogen) atoms. The minimum absolute atomic E-state index is 0.208. The second kappa shape index (κ2) is 6.95. The second-order valence-electron chi connectivity index (χ2n) is 3.50. The molecule has 1 heterocycles. The van der Waals surface area contributed by atoms with Crippen LogP contribution in [-0.4, -0.2) is 40.0 Å². The Balaban J connectivity index is 2.72. The normalized spacial score (nSPS) is 11.9. The van der Waals surface area contributed by atoms with Gasteiger partial charge in [0.15, 0.2) is 5.82 Å². The quantitative estimate of drug-likeness (QED) is 0.812. The van der Waals surface area contributed by atoms with Crippen LogP contribution in [-0.2, 0) is 4.79 Å². The molecule has 1 aromatic heterocycles. The van der Waals surface area contributed by atoms with Gasteiger partial charge in [0.05, 0.1) is 11.8 Å². The van der Waals surface area contributed by atoms with Crippen LogP contribution in [0.15, 0.2) is 18.5 Å². The van der Waals surface area contributed by atoms with Crippen LogP contribution in [0.4, 0.5) is 4.39 Å². The summed E-state index contributed by atoms with van der Waals surface area (Å²) >= 11 is 1.47. The number of hydrogen-bond acceptors (Lipinski definition) is 4. The van der Waals surface area contributed by atoms with Gasteiger partial charge >= 0.3 is 5.97 Å². The van der Waals surface area contributed by atoms with Crippen LogP contribution in [0.1, 0.15) is 16.8 Å². The molecule has 0 radical (unpaired) electrons. The molecule has 0 fully saturated rings. The molecule has 0 saturated carbocycles. The van der Waals surface area contributed by atoms with Gasteiger partial charge < -0.3 is 10.4 Å². The van der Waals surface area contributed by atoms with Gasteiger partial charge in [-0.15, -0.1) is 0 Å². The summed E-state index contributed by atoms with van der Waals surface area (Å²) in [5, 5.41) is 11.2. The monoisotopic (exact) mass is 272 g/mol. The number of carboxylic acid groups (broad SMARTS) is 1. The molecule has 1 rings (SSSR count). The highest BCUT2D eigenvalue weighted by molar-refractivity contribution is 7.98. The lowest BCUT2D eigenvalue weighted by molar-refractivity contribution is -0.139. The molecule has 2 N–H and O–H groups in total. The summed E-state index contributed by atoms with van der Waals surface area (Å²) in [5.74, 6) is -2.06. The molecule has 1 unspecified atom stereocenters. The van der Waals surface area contributed by atoms with E-state index in [2.05, 4.69) is 10.3 Å². The van der Waals surface area contributed by atoms with E-state index in [4.69, 9.17) is 5.11 Å². The highest BCUT2D eigenvalue weighted by Gasteiger charge is 2.21. The van der Waals surface area contributed by atoms with Crippen LogP contribution in [0.5, 0.6) is 0 Å². The lowest BCUT2D eigenvalue weighted by Gasteiger charge is -2.14. The first-order valence-corrected chi connectivity index (χ1v) is 6.57. The highest BCUT2D eigenvalue weighted by atomic mass is 32.2. The minimum atomic E-state index is -1.13. The van der Waals surface area contributed by atoms with Crippen molar-refractivity contribution >= 4 is 23.6 Å². The van der Waals surface area contributed by atoms with E-state index in [-0.39, 0.29) is 12.0 Å². The number of aliphatic carboxylic acids is 1. The maximum Gasteiger partial charge on any atom is 0.326 e. The summed E-state index contributed by atoms with van der Waals surface area (Å²) < 4.78 is 13.3. The van der Waals surface area contributed by atoms with Crippen molar-refractivity contribution in [2.45, 2.75) is 12.5 Å². The lowest BCUT2D eigenvalue weighted by Crippen LogP contribution is -2.41. The topological polar surface area (TPSA) is 79.3 Å². The van der Waals surface area contributed by atoms with Crippen molar-refractivity contribution < 1.29 is 19.1 Å². The SMILES string of the molecule is CSCCC(NC(=O)c1ccncc1F)C(=O)O. The number of nitrogens with one attached hydrogen (secondary N) is 1. The average Bonchev–Trinajstić information content (AvgIpc) is 2.34. The Morgan fingerprint density at radius 3 is 2.89 bits per heavy atom. The van der Waals surface area contributed by atoms with E-state index >= 15 is 0 Å². The molecule has 1 amide bonds. The van der Waals surface area contributed by atoms with E-state index in [1.54, 1.807) is 0 Å². The van der Waals surface area contributed by atoms with Gasteiger partial charge in [0.2, 0.25) is 0 Å². The van der Waals surface area contributed by atoms with Crippen molar-refractivity contribution in [1.29, 1.82) is 0 Å². The number of carbonyl (C=O) groups excluding carboxylic acids is 1. The molecular weight excluding hydrogens is 259 g/mol. The van der Waals surface area contributed by atoms with Crippen molar-refractivity contribution in [3.63, 3.8) is 0 Å². The number of rotatable bonds is 6. The maximum atomic E-state index is 13.3. The number of pyridine rings is 1. The molecule has 0 aliphatic heterocycles. The third-order valence-electron chi connectivity index (χ3n) is 2.23. The Morgan fingerprint density at radius 2 is 2.33 bits per heavy atom. The molecular formula is C11H13FN2O3S. The number of carboxylic acids is 1. The summed E-state index contributed by atoms with van der Waals surface area (Å²) in [7, 11) is 0. The van der Waals surface area contributed by atoms with E-state index < -0.39 is 23.7 Å². The number of carbonyl (C=O) groups is 2. The van der Waals surface area contributed by atoms with Crippen molar-refractivity contribution in [3.05, 3.63) is 29.8 Å². The van der Waals surface area contributed by atoms with E-state index in [1.807, 2.05) is 6.26 Å². The van der Waals surface area contributed by atoms with Crippen molar-refractivity contribution in [2.24, 2.45) is 0 Å². The van der Waals surface area contributed by atoms with Gasteiger partial charge in [0, 0.05) is 6.20 Å². The third-order valence-corrected chi connectivity index (χ3v) is 2.88. The molecule has 0 saturated heterocycles. The molecule has 7 heteroatoms. The van der Waals surface area contributed by atoms with Gasteiger partial charge in [-0.1, -0.05) is 0 Å². The molecule has 98 valence electrons. The number of thioether (sulfide) groups is 1. The smallest absolute Gasteiger partial charge is 0.326 e. The summed E-state index contributed by atoms with van der Waals surface area (Å²) in [5.41, 5.74) is -0.208. The Bertz CT molecular complexity index is 442. The number of halogens is 1. The van der Waals surface area contributed by atoms with Crippen molar-refractivity contribution in [3.8, 4) is 0 Å². The van der Waals surface area contributed by atoms with Gasteiger partial charge in [-0.25, -0.2) is 9.18 Å². The zero-order valence-electron chi connectivity index (χ0n) is 9.72. The maximum absolute atomic E-state index is 13.3. The number of nitrogens with zero attached hydrogens (tertiary/aromatic N) is 1. The number of aromatic nitrogens is 1. The zero-order chi connectivity index (χ0) is 13.5. The van der Waals surface area contributed by atoms with Crippen LogP contribution in [0, 0.1) is 5.82 Å². The first-order valence-electron chi connectivity index (χ1n) is 5.18. The second-order valence-corrected chi connectivity index (χ2v) is 4.49. The highest BCUT2D eigenvalue weighted by Crippen LogP contribution is 2.06. The van der Waals surface area contributed by atoms with Gasteiger partial charge in [-0.3, -0.25) is 9.78 Å². The van der Waals surface area contributed by atoms with E-state index in [1.165, 1.54) is 24.0 Å². The molecule has 0 spiro atoms. The first kappa shape index (κ1) is 14.4. The Labute approximate surface area is 108 Å². The van der Waals surface area contributed by atoms with E-state index in [9.17, 15) is 14.0 Å². The Morgan fingerprint density at radius 1 is 1.61 bits per heavy atom. The van der Waals surface area contributed by atoms with Crippen LogP contribution in [0.2, 0.25) is 0 Å². The van der Waals surface area contributed by atoms with Crippen molar-refractivity contribution in [2.75, 3.05) is 12.0 Å². The van der Waals surface area contributed by atoms with Crippen LogP contribution in [0.25, 0.3) is 0 Å². The fraction of sp³-hybridized carbons (Fsp3) is 0.364. The fourth-order valence-corrected chi connectivity index (χ4v) is 1.76. The third kappa shape index (κ3) is 3.99. The lowest BCUT2D eigenvalue weighted by atomic mass is 10.2. The summed E-state index contributed by atoms with van der Waals surface area (Å²) in [6.07, 6.45) is 4.31. The summed E-state index contributed by atoms with van der Waals surface area (Å²) in [6, 6.07) is 0.190. The fourth-order valence-electron chi connectivity index (χ4n) is 1.29. The van der Waals surface area contributed by atoms with Crippen LogP contribution >= 0.6 is 11.8 Å². The minimum Gasteiger partial charge on any atom is -0.480 e. The molecule has 0 aliphatic carbocycles. The van der Waals surface area contributed by atoms with Gasteiger partial charge in [-0.05, 0) is 24.5 Å². The Kier molecular flexibility index (Phi) is 5.57.